The Balaban J connectivity index is 1.79. The number of hydrogen-bond acceptors (Lipinski definition) is 3. The van der Waals surface area contributed by atoms with E-state index in [1.54, 1.807) is 0 Å². The molecule has 25 heavy (non-hydrogen) atoms. The van der Waals surface area contributed by atoms with Crippen LogP contribution in [0.1, 0.15) is 50.7 Å². The first-order chi connectivity index (χ1) is 11.9. The average Bonchev–Trinajstić information content (AvgIpc) is 2.58. The molecule has 0 saturated heterocycles. The third-order valence-electron chi connectivity index (χ3n) is 5.14. The van der Waals surface area contributed by atoms with E-state index < -0.39 is 0 Å². The van der Waals surface area contributed by atoms with Crippen LogP contribution in [0.3, 0.4) is 0 Å². The lowest BCUT2D eigenvalue weighted by Gasteiger charge is -2.31. The summed E-state index contributed by atoms with van der Waals surface area (Å²) < 4.78 is 0. The molecule has 1 aromatic carbocycles. The molecule has 0 radical (unpaired) electrons. The highest BCUT2D eigenvalue weighted by molar-refractivity contribution is 5.96. The molecule has 2 amide bonds. The van der Waals surface area contributed by atoms with Crippen LogP contribution in [0.5, 0.6) is 0 Å². The van der Waals surface area contributed by atoms with Crippen LogP contribution in [0.2, 0.25) is 0 Å². The van der Waals surface area contributed by atoms with Crippen LogP contribution in [0.15, 0.2) is 18.2 Å². The molecule has 0 bridgehead atoms. The fraction of sp³-hybridized carbons (Fsp3) is 0.600. The van der Waals surface area contributed by atoms with Gasteiger partial charge in [-0.3, -0.25) is 9.59 Å². The molecule has 1 saturated carbocycles. The zero-order chi connectivity index (χ0) is 18.4. The highest BCUT2D eigenvalue weighted by Crippen LogP contribution is 2.24. The maximum Gasteiger partial charge on any atom is 0.243 e. The molecule has 0 unspecified atom stereocenters. The van der Waals surface area contributed by atoms with Crippen LogP contribution >= 0.6 is 0 Å². The average molecular weight is 345 g/mol. The first kappa shape index (κ1) is 19.4. The van der Waals surface area contributed by atoms with E-state index in [1.807, 2.05) is 39.0 Å². The lowest BCUT2D eigenvalue weighted by molar-refractivity contribution is -0.125. The van der Waals surface area contributed by atoms with Crippen molar-refractivity contribution in [2.45, 2.75) is 65.5 Å². The van der Waals surface area contributed by atoms with E-state index in [0.29, 0.717) is 12.0 Å². The van der Waals surface area contributed by atoms with Gasteiger partial charge in [-0.05, 0) is 50.7 Å². The Morgan fingerprint density at radius 2 is 1.80 bits per heavy atom. The third kappa shape index (κ3) is 5.56. The first-order valence-electron chi connectivity index (χ1n) is 9.28. The van der Waals surface area contributed by atoms with Gasteiger partial charge in [-0.25, -0.2) is 0 Å². The van der Waals surface area contributed by atoms with Crippen LogP contribution in [0, 0.1) is 19.8 Å². The largest absolute Gasteiger partial charge is 0.346 e. The number of rotatable bonds is 6. The smallest absolute Gasteiger partial charge is 0.243 e. The number of amides is 2. The van der Waals surface area contributed by atoms with Gasteiger partial charge in [-0.15, -0.1) is 0 Å². The standard InChI is InChI=1S/C20H31N3O2/c1-13-8-5-6-11-17(13)22-16(4)20(25)21-12-18(24)23-19-14(2)9-7-10-15(19)3/h7,9-10,13,16-17,22H,5-6,8,11-12H2,1-4H3,(H,21,25)(H,23,24)/t13-,16+,17-/m0/s1. The molecule has 1 fully saturated rings. The first-order valence-corrected chi connectivity index (χ1v) is 9.28. The summed E-state index contributed by atoms with van der Waals surface area (Å²) in [6.07, 6.45) is 4.82. The third-order valence-corrected chi connectivity index (χ3v) is 5.14. The number of carbonyl (C=O) groups is 2. The topological polar surface area (TPSA) is 70.2 Å². The molecule has 0 aromatic heterocycles. The van der Waals surface area contributed by atoms with Crippen LogP contribution in [-0.4, -0.2) is 30.4 Å². The number of carbonyl (C=O) groups excluding carboxylic acids is 2. The molecule has 5 heteroatoms. The van der Waals surface area contributed by atoms with Crippen molar-refractivity contribution in [3.05, 3.63) is 29.3 Å². The molecule has 2 rings (SSSR count). The Bertz CT molecular complexity index is 595. The lowest BCUT2D eigenvalue weighted by atomic mass is 9.85. The summed E-state index contributed by atoms with van der Waals surface area (Å²) in [5.74, 6) is 0.259. The summed E-state index contributed by atoms with van der Waals surface area (Å²) in [4.78, 5) is 24.4. The maximum absolute atomic E-state index is 12.3. The molecule has 3 atom stereocenters. The van der Waals surface area contributed by atoms with E-state index in [2.05, 4.69) is 22.9 Å². The second kappa shape index (κ2) is 8.99. The minimum atomic E-state index is -0.293. The van der Waals surface area contributed by atoms with Crippen molar-refractivity contribution in [2.24, 2.45) is 5.92 Å². The van der Waals surface area contributed by atoms with E-state index in [0.717, 1.165) is 23.2 Å². The van der Waals surface area contributed by atoms with E-state index in [9.17, 15) is 9.59 Å². The van der Waals surface area contributed by atoms with E-state index in [-0.39, 0.29) is 24.4 Å². The van der Waals surface area contributed by atoms with Gasteiger partial charge >= 0.3 is 0 Å². The van der Waals surface area contributed by atoms with Crippen molar-refractivity contribution in [1.29, 1.82) is 0 Å². The summed E-state index contributed by atoms with van der Waals surface area (Å²) in [5, 5.41) is 9.04. The number of anilines is 1. The zero-order valence-electron chi connectivity index (χ0n) is 15.8. The second-order valence-electron chi connectivity index (χ2n) is 7.29. The molecule has 5 nitrogen and oxygen atoms in total. The summed E-state index contributed by atoms with van der Waals surface area (Å²) in [6.45, 7) is 8.00. The SMILES string of the molecule is Cc1cccc(C)c1NC(=O)CNC(=O)[C@@H](C)N[C@H]1CCCC[C@@H]1C. The van der Waals surface area contributed by atoms with Gasteiger partial charge < -0.3 is 16.0 Å². The molecule has 1 aromatic rings. The highest BCUT2D eigenvalue weighted by Gasteiger charge is 2.25. The van der Waals surface area contributed by atoms with Crippen molar-refractivity contribution in [1.82, 2.24) is 10.6 Å². The Morgan fingerprint density at radius 3 is 2.44 bits per heavy atom. The zero-order valence-corrected chi connectivity index (χ0v) is 15.8. The van der Waals surface area contributed by atoms with Gasteiger partial charge in [0.05, 0.1) is 12.6 Å². The summed E-state index contributed by atoms with van der Waals surface area (Å²) in [5.41, 5.74) is 2.85. The Hall–Kier alpha value is -1.88. The van der Waals surface area contributed by atoms with Gasteiger partial charge in [0.2, 0.25) is 11.8 Å². The molecule has 138 valence electrons. The summed E-state index contributed by atoms with van der Waals surface area (Å²) in [7, 11) is 0. The molecular formula is C20H31N3O2. The fourth-order valence-electron chi connectivity index (χ4n) is 3.48. The van der Waals surface area contributed by atoms with Crippen molar-refractivity contribution >= 4 is 17.5 Å². The quantitative estimate of drug-likeness (QED) is 0.742. The number of hydrogen-bond donors (Lipinski definition) is 3. The minimum Gasteiger partial charge on any atom is -0.346 e. The molecule has 0 heterocycles. The van der Waals surface area contributed by atoms with Crippen LogP contribution < -0.4 is 16.0 Å². The van der Waals surface area contributed by atoms with Crippen molar-refractivity contribution in [2.75, 3.05) is 11.9 Å². The monoisotopic (exact) mass is 345 g/mol. The maximum atomic E-state index is 12.3. The van der Waals surface area contributed by atoms with Crippen molar-refractivity contribution in [3.63, 3.8) is 0 Å². The predicted octanol–water partition coefficient (Wildman–Crippen LogP) is 2.91. The van der Waals surface area contributed by atoms with Crippen LogP contribution in [-0.2, 0) is 9.59 Å². The summed E-state index contributed by atoms with van der Waals surface area (Å²) in [6, 6.07) is 5.97. The van der Waals surface area contributed by atoms with E-state index >= 15 is 0 Å². The minimum absolute atomic E-state index is 0.0150. The molecular weight excluding hydrogens is 314 g/mol. The fourth-order valence-corrected chi connectivity index (χ4v) is 3.48. The number of aryl methyl sites for hydroxylation is 2. The Labute approximate surface area is 151 Å². The predicted molar refractivity (Wildman–Crippen MR) is 102 cm³/mol. The molecule has 1 aliphatic rings. The van der Waals surface area contributed by atoms with Crippen molar-refractivity contribution < 1.29 is 9.59 Å². The van der Waals surface area contributed by atoms with Crippen LogP contribution in [0.25, 0.3) is 0 Å². The summed E-state index contributed by atoms with van der Waals surface area (Å²) >= 11 is 0. The Morgan fingerprint density at radius 1 is 1.16 bits per heavy atom. The number of benzene rings is 1. The van der Waals surface area contributed by atoms with E-state index in [4.69, 9.17) is 0 Å². The second-order valence-corrected chi connectivity index (χ2v) is 7.29. The van der Waals surface area contributed by atoms with E-state index in [1.165, 1.54) is 19.3 Å². The number of nitrogens with one attached hydrogen (secondary N) is 3. The molecule has 1 aliphatic carbocycles. The normalized spacial score (nSPS) is 21.4. The highest BCUT2D eigenvalue weighted by atomic mass is 16.2. The molecule has 0 aliphatic heterocycles. The van der Waals surface area contributed by atoms with Gasteiger partial charge in [-0.1, -0.05) is 38.0 Å². The van der Waals surface area contributed by atoms with Crippen molar-refractivity contribution in [3.8, 4) is 0 Å². The van der Waals surface area contributed by atoms with Gasteiger partial charge in [0, 0.05) is 11.7 Å². The van der Waals surface area contributed by atoms with Gasteiger partial charge in [-0.2, -0.15) is 0 Å². The lowest BCUT2D eigenvalue weighted by Crippen LogP contribution is -2.50. The number of para-hydroxylation sites is 1. The van der Waals surface area contributed by atoms with Crippen LogP contribution in [0.4, 0.5) is 5.69 Å². The molecule has 0 spiro atoms. The van der Waals surface area contributed by atoms with Gasteiger partial charge in [0.15, 0.2) is 0 Å². The Kier molecular flexibility index (Phi) is 7.00. The van der Waals surface area contributed by atoms with Gasteiger partial charge in [0.1, 0.15) is 0 Å². The van der Waals surface area contributed by atoms with Gasteiger partial charge in [0.25, 0.3) is 0 Å². The molecule has 3 N–H and O–H groups in total.